The molecule has 0 spiro atoms. The van der Waals surface area contributed by atoms with Gasteiger partial charge in [0.1, 0.15) is 59.2 Å². The molecule has 2 aromatic heterocycles. The van der Waals surface area contributed by atoms with E-state index in [9.17, 15) is 39.9 Å². The van der Waals surface area contributed by atoms with Crippen molar-refractivity contribution in [2.75, 3.05) is 12.4 Å². The molecule has 88 heavy (non-hydrogen) atoms. The number of carbonyl (C=O) groups is 7. The van der Waals surface area contributed by atoms with E-state index in [1.54, 1.807) is 72.2 Å². The number of aromatic hydroxyl groups is 4. The standard InChI is InChI=1S/C65H54N8O14S/c1-73-49-24-32-2-16-43(17-3-32)87-52-29-38-25-46(58(52)77)36-10-20-45-39(30-66-47(45)26-36)27-48(68-61(80)53(67-40-22-23-88-31-40)33-4-12-41(74)13-5-33)59(78)69-54(34-6-14-42(75)15-7-34)62(81)70-55(38)63(82)71-56(64(73)83)35-8-18-44(19-9-35)86-51-28-37(11-21-50(51)76)57(65(84)85)72-60(49)79/h2-23,25-26,28-31,48-49,53-57,66-67,74-77H,24,27H2,1H3,(H,68,80)(H,69,78)(H,70,81)(H,71,82)(H,72,79)(H,84,85)/t48-,49+,53?,54-,55-,56-,57-/m1/s1. The summed E-state index contributed by atoms with van der Waals surface area (Å²) in [7, 11) is 1.32. The van der Waals surface area contributed by atoms with Crippen molar-refractivity contribution in [3.05, 3.63) is 208 Å². The number of hydrogen-bond acceptors (Lipinski definition) is 15. The third kappa shape index (κ3) is 11.6. The number of carboxylic acid groups (broad SMARTS) is 1. The zero-order valence-electron chi connectivity index (χ0n) is 46.4. The van der Waals surface area contributed by atoms with Crippen LogP contribution in [0.3, 0.4) is 0 Å². The van der Waals surface area contributed by atoms with Gasteiger partial charge in [-0.15, -0.1) is 0 Å². The summed E-state index contributed by atoms with van der Waals surface area (Å²) in [6, 6.07) is 26.0. The van der Waals surface area contributed by atoms with Crippen LogP contribution < -0.4 is 41.4 Å². The van der Waals surface area contributed by atoms with Gasteiger partial charge in [-0.05, 0) is 135 Å². The van der Waals surface area contributed by atoms with Gasteiger partial charge in [-0.1, -0.05) is 66.7 Å². The minimum Gasteiger partial charge on any atom is -0.508 e. The monoisotopic (exact) mass is 1200 g/mol. The highest BCUT2D eigenvalue weighted by Crippen LogP contribution is 2.44. The summed E-state index contributed by atoms with van der Waals surface area (Å²) >= 11 is 1.39. The number of aromatic nitrogens is 1. The Balaban J connectivity index is 1.01. The van der Waals surface area contributed by atoms with E-state index >= 15 is 19.2 Å². The molecule has 0 radical (unpaired) electrons. The number of rotatable bonds is 7. The summed E-state index contributed by atoms with van der Waals surface area (Å²) in [5, 5.41) is 75.8. The van der Waals surface area contributed by atoms with Gasteiger partial charge in [0.05, 0.1) is 0 Å². The van der Waals surface area contributed by atoms with E-state index in [0.29, 0.717) is 38.8 Å². The van der Waals surface area contributed by atoms with Crippen molar-refractivity contribution in [3.8, 4) is 57.1 Å². The molecule has 0 saturated heterocycles. The summed E-state index contributed by atoms with van der Waals surface area (Å²) in [5.74, 6) is -7.91. The van der Waals surface area contributed by atoms with Crippen molar-refractivity contribution in [1.29, 1.82) is 0 Å². The van der Waals surface area contributed by atoms with Gasteiger partial charge in [-0.2, -0.15) is 11.3 Å². The van der Waals surface area contributed by atoms with Crippen LogP contribution in [0.2, 0.25) is 0 Å². The van der Waals surface area contributed by atoms with Crippen molar-refractivity contribution in [1.82, 2.24) is 36.5 Å². The molecule has 6 amide bonds. The molecule has 8 heterocycles. The number of phenolic OH excluding ortho intramolecular Hbond substituents is 4. The molecule has 6 aliphatic rings. The highest BCUT2D eigenvalue weighted by atomic mass is 32.1. The average molecular weight is 1200 g/mol. The van der Waals surface area contributed by atoms with Crippen LogP contribution in [0.15, 0.2) is 169 Å². The van der Waals surface area contributed by atoms with E-state index in [-0.39, 0.29) is 86.7 Å². The van der Waals surface area contributed by atoms with E-state index in [0.717, 1.165) is 4.90 Å². The number of anilines is 1. The second kappa shape index (κ2) is 23.6. The summed E-state index contributed by atoms with van der Waals surface area (Å²) in [6.45, 7) is 0. The Labute approximate surface area is 504 Å². The largest absolute Gasteiger partial charge is 0.508 e. The number of phenols is 4. The first-order valence-corrected chi connectivity index (χ1v) is 28.6. The quantitative estimate of drug-likeness (QED) is 0.0727. The van der Waals surface area contributed by atoms with E-state index < -0.39 is 83.7 Å². The molecule has 15 bridgehead atoms. The second-order valence-electron chi connectivity index (χ2n) is 21.4. The summed E-state index contributed by atoms with van der Waals surface area (Å²) < 4.78 is 12.5. The fourth-order valence-electron chi connectivity index (χ4n) is 11.0. The average Bonchev–Trinajstić information content (AvgIpc) is 3.33. The number of likely N-dealkylation sites (N-methyl/N-ethyl adjacent to an activating group) is 1. The number of benzene rings is 7. The van der Waals surface area contributed by atoms with Crippen molar-refractivity contribution >= 4 is 69.3 Å². The lowest BCUT2D eigenvalue weighted by Gasteiger charge is -2.33. The number of amides is 6. The third-order valence-corrected chi connectivity index (χ3v) is 16.4. The van der Waals surface area contributed by atoms with Crippen molar-refractivity contribution in [2.45, 2.75) is 55.1 Å². The van der Waals surface area contributed by atoms with Gasteiger partial charge in [-0.3, -0.25) is 28.8 Å². The molecule has 15 rings (SSSR count). The number of aliphatic carboxylic acids is 1. The van der Waals surface area contributed by atoms with Crippen molar-refractivity contribution < 1.29 is 68.6 Å². The lowest BCUT2D eigenvalue weighted by atomic mass is 9.94. The maximum absolute atomic E-state index is 15.8. The molecule has 444 valence electrons. The van der Waals surface area contributed by atoms with Gasteiger partial charge in [0.15, 0.2) is 29.0 Å². The van der Waals surface area contributed by atoms with Crippen LogP contribution in [-0.4, -0.2) is 96.0 Å². The zero-order chi connectivity index (χ0) is 61.5. The Hall–Kier alpha value is -11.3. The maximum Gasteiger partial charge on any atom is 0.330 e. The number of nitrogens with one attached hydrogen (secondary N) is 7. The second-order valence-corrected chi connectivity index (χ2v) is 22.2. The summed E-state index contributed by atoms with van der Waals surface area (Å²) in [4.78, 5) is 109. The fraction of sp³-hybridized carbons (Fsp3) is 0.154. The smallest absolute Gasteiger partial charge is 0.330 e. The van der Waals surface area contributed by atoms with Crippen molar-refractivity contribution in [3.63, 3.8) is 0 Å². The molecule has 0 fully saturated rings. The Kier molecular flexibility index (Phi) is 15.3. The minimum absolute atomic E-state index is 0.0173. The molecule has 0 aliphatic carbocycles. The number of carboxylic acids is 1. The van der Waals surface area contributed by atoms with Gasteiger partial charge in [0.25, 0.3) is 0 Å². The lowest BCUT2D eigenvalue weighted by molar-refractivity contribution is -0.145. The topological polar surface area (TPSA) is 330 Å². The highest BCUT2D eigenvalue weighted by Gasteiger charge is 2.40. The number of carbonyl (C=O) groups excluding carboxylic acids is 6. The Morgan fingerprint density at radius 1 is 0.625 bits per heavy atom. The van der Waals surface area contributed by atoms with Gasteiger partial charge in [0, 0.05) is 53.6 Å². The Bertz CT molecular complexity index is 4220. The first kappa shape index (κ1) is 57.1. The SMILES string of the molecule is CN1C(=O)[C@@H]2NC(=O)[C@@H]3NC(=O)[C@@H](c4ccc(O)cc4)NC(=O)[C@H](NC(=O)C(Nc4ccsc4)c4ccc(O)cc4)Cc4c[nH]c5cc(ccc45)-c4cc3cc(c4O)Oc3ccc(cc3)C[C@H]1C(=O)N[C@@H](C(=O)O)c1ccc(O)c(c1)Oc1ccc2cc1. The number of ether oxygens (including phenoxy) is 2. The predicted molar refractivity (Wildman–Crippen MR) is 321 cm³/mol. The lowest BCUT2D eigenvalue weighted by Crippen LogP contribution is -2.54. The van der Waals surface area contributed by atoms with E-state index in [1.807, 2.05) is 5.38 Å². The molecular formula is C65H54N8O14S. The molecule has 6 aliphatic heterocycles. The zero-order valence-corrected chi connectivity index (χ0v) is 47.2. The molecule has 12 N–H and O–H groups in total. The molecule has 9 aromatic rings. The molecule has 7 atom stereocenters. The molecule has 23 heteroatoms. The van der Waals surface area contributed by atoms with Gasteiger partial charge in [-0.25, -0.2) is 4.79 Å². The molecular weight excluding hydrogens is 1150 g/mol. The molecule has 0 saturated carbocycles. The first-order chi connectivity index (χ1) is 42.4. The van der Waals surface area contributed by atoms with Crippen LogP contribution in [0.1, 0.15) is 69.2 Å². The number of fused-ring (bicyclic) bond motifs is 14. The Morgan fingerprint density at radius 3 is 1.93 bits per heavy atom. The number of thiophene rings is 1. The van der Waals surface area contributed by atoms with Crippen LogP contribution >= 0.6 is 11.3 Å². The van der Waals surface area contributed by atoms with E-state index in [2.05, 4.69) is 36.9 Å². The van der Waals surface area contributed by atoms with Crippen LogP contribution in [0.25, 0.3) is 22.0 Å². The van der Waals surface area contributed by atoms with E-state index in [1.165, 1.54) is 109 Å². The van der Waals surface area contributed by atoms with Gasteiger partial charge in [0.2, 0.25) is 35.4 Å². The number of H-pyrrole nitrogens is 1. The number of nitrogens with zero attached hydrogens (tertiary/aromatic N) is 1. The predicted octanol–water partition coefficient (Wildman–Crippen LogP) is 7.71. The maximum atomic E-state index is 15.8. The minimum atomic E-state index is -1.86. The summed E-state index contributed by atoms with van der Waals surface area (Å²) in [5.41, 5.74) is 3.39. The normalized spacial score (nSPS) is 19.8. The Morgan fingerprint density at radius 2 is 1.24 bits per heavy atom. The fourth-order valence-corrected chi connectivity index (χ4v) is 11.6. The van der Waals surface area contributed by atoms with Crippen LogP contribution in [-0.2, 0) is 46.4 Å². The molecule has 1 unspecified atom stereocenters. The van der Waals surface area contributed by atoms with Crippen LogP contribution in [0.5, 0.6) is 46.0 Å². The van der Waals surface area contributed by atoms with Gasteiger partial charge >= 0.3 is 5.97 Å². The van der Waals surface area contributed by atoms with Gasteiger partial charge < -0.3 is 76.8 Å². The number of hydrogen-bond donors (Lipinski definition) is 12. The molecule has 22 nitrogen and oxygen atoms in total. The highest BCUT2D eigenvalue weighted by molar-refractivity contribution is 7.08. The van der Waals surface area contributed by atoms with E-state index in [4.69, 9.17) is 9.47 Å². The first-order valence-electron chi connectivity index (χ1n) is 27.6. The summed E-state index contributed by atoms with van der Waals surface area (Å²) in [6.07, 6.45) is 1.31. The third-order valence-electron chi connectivity index (χ3n) is 15.7. The van der Waals surface area contributed by atoms with Crippen LogP contribution in [0, 0.1) is 0 Å². The molecule has 7 aromatic carbocycles. The van der Waals surface area contributed by atoms with Crippen LogP contribution in [0.4, 0.5) is 5.69 Å². The van der Waals surface area contributed by atoms with Crippen molar-refractivity contribution in [2.24, 2.45) is 0 Å². The number of aromatic amines is 1.